The molecule has 0 aromatic heterocycles. The molecular weight excluding hydrogens is 295 g/mol. The summed E-state index contributed by atoms with van der Waals surface area (Å²) in [5, 5.41) is 8.43. The molecule has 0 unspecified atom stereocenters. The first-order valence-electron chi connectivity index (χ1n) is 2.79. The minimum Gasteiger partial charge on any atom is -0.478 e. The average Bonchev–Trinajstić information content (AvgIpc) is 1.88. The standard InChI is InChI=1S/C7H7NO2.Ho/c8-6-3-1-5(2-4-6)7(9)10;/h1-4H,8H2,(H,9,10);. The molecular formula is C7H7HoNO2. The van der Waals surface area contributed by atoms with E-state index in [1.807, 2.05) is 0 Å². The van der Waals surface area contributed by atoms with Gasteiger partial charge in [-0.15, -0.1) is 0 Å². The fourth-order valence-electron chi connectivity index (χ4n) is 0.626. The Morgan fingerprint density at radius 3 is 2.09 bits per heavy atom. The Balaban J connectivity index is 0.000001000. The molecule has 0 aliphatic rings. The second-order valence-electron chi connectivity index (χ2n) is 1.93. The Bertz CT molecular complexity index is 245. The minimum atomic E-state index is -0.931. The maximum Gasteiger partial charge on any atom is 0.335 e. The van der Waals surface area contributed by atoms with E-state index in [4.69, 9.17) is 10.8 Å². The van der Waals surface area contributed by atoms with Gasteiger partial charge in [-0.25, -0.2) is 4.79 Å². The van der Waals surface area contributed by atoms with E-state index in [-0.39, 0.29) is 43.3 Å². The quantitative estimate of drug-likeness (QED) is 0.600. The van der Waals surface area contributed by atoms with Crippen LogP contribution >= 0.6 is 0 Å². The molecule has 3 N–H and O–H groups in total. The van der Waals surface area contributed by atoms with Gasteiger partial charge < -0.3 is 10.8 Å². The summed E-state index contributed by atoms with van der Waals surface area (Å²) < 4.78 is 0. The molecule has 1 aromatic rings. The molecule has 11 heavy (non-hydrogen) atoms. The van der Waals surface area contributed by atoms with Crippen molar-refractivity contribution in [3.8, 4) is 0 Å². The van der Waals surface area contributed by atoms with Gasteiger partial charge in [0.1, 0.15) is 0 Å². The number of aromatic carboxylic acids is 1. The number of benzene rings is 1. The number of anilines is 1. The van der Waals surface area contributed by atoms with Gasteiger partial charge in [-0.05, 0) is 24.3 Å². The molecule has 0 aliphatic heterocycles. The van der Waals surface area contributed by atoms with E-state index in [1.165, 1.54) is 12.1 Å². The molecule has 0 amide bonds. The van der Waals surface area contributed by atoms with Crippen LogP contribution in [0.3, 0.4) is 0 Å². The Labute approximate surface area is 94.2 Å². The van der Waals surface area contributed by atoms with Crippen molar-refractivity contribution in [1.29, 1.82) is 0 Å². The van der Waals surface area contributed by atoms with Gasteiger partial charge in [0.25, 0.3) is 0 Å². The number of carboxylic acid groups (broad SMARTS) is 1. The number of nitrogen functional groups attached to an aromatic ring is 1. The van der Waals surface area contributed by atoms with Crippen molar-refractivity contribution < 1.29 is 47.6 Å². The number of hydrogen-bond acceptors (Lipinski definition) is 2. The van der Waals surface area contributed by atoms with Gasteiger partial charge in [0.15, 0.2) is 0 Å². The largest absolute Gasteiger partial charge is 0.478 e. The molecule has 0 aliphatic carbocycles. The third-order valence-electron chi connectivity index (χ3n) is 1.16. The fraction of sp³-hybridized carbons (Fsp3) is 0. The number of rotatable bonds is 1. The van der Waals surface area contributed by atoms with Gasteiger partial charge in [-0.1, -0.05) is 0 Å². The number of carbonyl (C=O) groups is 1. The zero-order valence-corrected chi connectivity index (χ0v) is 7.48. The van der Waals surface area contributed by atoms with Crippen molar-refractivity contribution in [2.45, 2.75) is 0 Å². The van der Waals surface area contributed by atoms with Crippen molar-refractivity contribution in [2.24, 2.45) is 0 Å². The third-order valence-corrected chi connectivity index (χ3v) is 1.16. The van der Waals surface area contributed by atoms with E-state index >= 15 is 0 Å². The van der Waals surface area contributed by atoms with Crippen LogP contribution in [0, 0.1) is 37.7 Å². The molecule has 0 saturated carbocycles. The average molecular weight is 302 g/mol. The zero-order valence-electron chi connectivity index (χ0n) is 5.54. The van der Waals surface area contributed by atoms with Crippen LogP contribution in [0.1, 0.15) is 10.4 Å². The van der Waals surface area contributed by atoms with E-state index in [0.717, 1.165) is 0 Å². The van der Waals surface area contributed by atoms with Crippen molar-refractivity contribution in [2.75, 3.05) is 5.73 Å². The molecule has 4 heteroatoms. The number of hydrogen-bond donors (Lipinski definition) is 2. The number of nitrogens with two attached hydrogens (primary N) is 1. The van der Waals surface area contributed by atoms with Crippen LogP contribution in [-0.2, 0) is 0 Å². The normalized spacial score (nSPS) is 8.36. The summed E-state index contributed by atoms with van der Waals surface area (Å²) in [6.45, 7) is 0. The molecule has 1 radical (unpaired) electrons. The SMILES string of the molecule is Nc1ccc(C(=O)O)cc1.[Ho]. The zero-order chi connectivity index (χ0) is 7.56. The van der Waals surface area contributed by atoms with Gasteiger partial charge in [0.05, 0.1) is 5.56 Å². The summed E-state index contributed by atoms with van der Waals surface area (Å²) in [5.41, 5.74) is 6.17. The summed E-state index contributed by atoms with van der Waals surface area (Å²) in [6, 6.07) is 6.06. The minimum absolute atomic E-state index is 0. The summed E-state index contributed by atoms with van der Waals surface area (Å²) in [6.07, 6.45) is 0. The van der Waals surface area contributed by atoms with E-state index in [0.29, 0.717) is 5.69 Å². The first-order valence-corrected chi connectivity index (χ1v) is 2.79. The molecule has 0 spiro atoms. The smallest absolute Gasteiger partial charge is 0.335 e. The van der Waals surface area contributed by atoms with Crippen LogP contribution in [0.2, 0.25) is 0 Å². The van der Waals surface area contributed by atoms with Gasteiger partial charge in [0, 0.05) is 43.4 Å². The van der Waals surface area contributed by atoms with Crippen molar-refractivity contribution >= 4 is 11.7 Å². The predicted octanol–water partition coefficient (Wildman–Crippen LogP) is 0.967. The van der Waals surface area contributed by atoms with Crippen LogP contribution in [0.5, 0.6) is 0 Å². The van der Waals surface area contributed by atoms with Crippen LogP contribution in [0.25, 0.3) is 0 Å². The predicted molar refractivity (Wildman–Crippen MR) is 37.8 cm³/mol. The van der Waals surface area contributed by atoms with Gasteiger partial charge in [-0.2, -0.15) is 0 Å². The van der Waals surface area contributed by atoms with E-state index in [1.54, 1.807) is 12.1 Å². The second kappa shape index (κ2) is 4.59. The topological polar surface area (TPSA) is 63.3 Å². The Kier molecular flexibility index (Phi) is 4.49. The Morgan fingerprint density at radius 1 is 1.27 bits per heavy atom. The first-order chi connectivity index (χ1) is 4.70. The molecule has 0 bridgehead atoms. The number of carboxylic acids is 1. The molecule has 0 heterocycles. The van der Waals surface area contributed by atoms with E-state index < -0.39 is 5.97 Å². The van der Waals surface area contributed by atoms with Crippen molar-refractivity contribution in [3.63, 3.8) is 0 Å². The summed E-state index contributed by atoms with van der Waals surface area (Å²) in [7, 11) is 0. The van der Waals surface area contributed by atoms with Crippen LogP contribution in [-0.4, -0.2) is 11.1 Å². The maximum atomic E-state index is 10.3. The molecule has 1 rings (SSSR count). The van der Waals surface area contributed by atoms with Crippen LogP contribution in [0.15, 0.2) is 24.3 Å². The Morgan fingerprint density at radius 2 is 1.73 bits per heavy atom. The Hall–Kier alpha value is -0.250. The molecule has 0 fully saturated rings. The van der Waals surface area contributed by atoms with E-state index in [9.17, 15) is 4.79 Å². The summed E-state index contributed by atoms with van der Waals surface area (Å²) in [5.74, 6) is -0.931. The van der Waals surface area contributed by atoms with Crippen LogP contribution in [0.4, 0.5) is 5.69 Å². The van der Waals surface area contributed by atoms with Gasteiger partial charge in [-0.3, -0.25) is 0 Å². The first kappa shape index (κ1) is 10.7. The summed E-state index contributed by atoms with van der Waals surface area (Å²) >= 11 is 0. The van der Waals surface area contributed by atoms with Crippen molar-refractivity contribution in [3.05, 3.63) is 29.8 Å². The van der Waals surface area contributed by atoms with Gasteiger partial charge in [0.2, 0.25) is 0 Å². The molecule has 0 saturated heterocycles. The van der Waals surface area contributed by atoms with Crippen molar-refractivity contribution in [1.82, 2.24) is 0 Å². The molecule has 0 atom stereocenters. The second-order valence-corrected chi connectivity index (χ2v) is 1.93. The van der Waals surface area contributed by atoms with E-state index in [2.05, 4.69) is 0 Å². The van der Waals surface area contributed by atoms with Crippen LogP contribution < -0.4 is 5.73 Å². The summed E-state index contributed by atoms with van der Waals surface area (Å²) in [4.78, 5) is 10.3. The van der Waals surface area contributed by atoms with Gasteiger partial charge >= 0.3 is 5.97 Å². The monoisotopic (exact) mass is 302 g/mol. The maximum absolute atomic E-state index is 10.3. The molecule has 3 nitrogen and oxygen atoms in total. The molecule has 1 aromatic carbocycles. The third kappa shape index (κ3) is 3.10. The fourth-order valence-corrected chi connectivity index (χ4v) is 0.626. The molecule has 63 valence electrons.